The van der Waals surface area contributed by atoms with Crippen molar-refractivity contribution >= 4 is 15.9 Å². The lowest BCUT2D eigenvalue weighted by Gasteiger charge is -2.27. The molecule has 0 heterocycles. The molecule has 0 saturated carbocycles. The van der Waals surface area contributed by atoms with Gasteiger partial charge in [0.2, 0.25) is 0 Å². The summed E-state index contributed by atoms with van der Waals surface area (Å²) < 4.78 is 1.02. The Morgan fingerprint density at radius 3 is 2.30 bits per heavy atom. The third-order valence-electron chi connectivity index (χ3n) is 1.31. The monoisotopic (exact) mass is 271 g/mol. The molecule has 3 heteroatoms. The van der Waals surface area contributed by atoms with Crippen LogP contribution in [-0.4, -0.2) is 37.0 Å². The Morgan fingerprint density at radius 2 is 2.00 bits per heavy atom. The van der Waals surface area contributed by atoms with Gasteiger partial charge in [-0.2, -0.15) is 0 Å². The van der Waals surface area contributed by atoms with Crippen molar-refractivity contribution in [2.24, 2.45) is 0 Å². The Balaban J connectivity index is 0. The highest BCUT2D eigenvalue weighted by Crippen LogP contribution is 1.97. The first kappa shape index (κ1) is 13.3. The summed E-state index contributed by atoms with van der Waals surface area (Å²) in [7, 11) is 4.39. The normalized spacial score (nSPS) is 10.3. The minimum absolute atomic E-state index is 0. The van der Waals surface area contributed by atoms with Crippen LogP contribution in [0.1, 0.15) is 0 Å². The highest BCUT2D eigenvalue weighted by atomic mass is 79.9. The van der Waals surface area contributed by atoms with E-state index in [1.165, 1.54) is 0 Å². The molecule has 0 unspecified atom stereocenters. The largest absolute Gasteiger partial charge is 1.00 e. The summed E-state index contributed by atoms with van der Waals surface area (Å²) in [6.45, 7) is 5.90. The molecule has 0 amide bonds. The maximum Gasteiger partial charge on any atom is 0.0967 e. The molecule has 0 saturated heterocycles. The summed E-state index contributed by atoms with van der Waals surface area (Å²) in [5.41, 5.74) is 0. The van der Waals surface area contributed by atoms with Gasteiger partial charge in [-0.3, -0.25) is 0 Å². The SMILES string of the molecule is C=CC[N+](C)(C)CCBr.[Br-]. The number of nitrogens with zero attached hydrogens (tertiary/aromatic N) is 1. The van der Waals surface area contributed by atoms with Crippen molar-refractivity contribution in [2.45, 2.75) is 0 Å². The average molecular weight is 273 g/mol. The van der Waals surface area contributed by atoms with Gasteiger partial charge < -0.3 is 21.5 Å². The van der Waals surface area contributed by atoms with Crippen molar-refractivity contribution in [1.29, 1.82) is 0 Å². The van der Waals surface area contributed by atoms with E-state index in [2.05, 4.69) is 36.6 Å². The first-order chi connectivity index (χ1) is 4.12. The van der Waals surface area contributed by atoms with Gasteiger partial charge in [0.05, 0.1) is 32.5 Å². The second-order valence-electron chi connectivity index (χ2n) is 2.82. The molecule has 0 aliphatic rings. The molecule has 0 bridgehead atoms. The minimum atomic E-state index is 0. The predicted octanol–water partition coefficient (Wildman–Crippen LogP) is -1.35. The molecular weight excluding hydrogens is 258 g/mol. The van der Waals surface area contributed by atoms with Crippen molar-refractivity contribution in [2.75, 3.05) is 32.5 Å². The van der Waals surface area contributed by atoms with Crippen LogP contribution in [-0.2, 0) is 0 Å². The van der Waals surface area contributed by atoms with E-state index in [4.69, 9.17) is 0 Å². The zero-order chi connectivity index (χ0) is 7.33. The number of hydrogen-bond acceptors (Lipinski definition) is 0. The summed E-state index contributed by atoms with van der Waals surface area (Å²) in [6, 6.07) is 0. The van der Waals surface area contributed by atoms with Crippen LogP contribution in [0.25, 0.3) is 0 Å². The molecule has 62 valence electrons. The lowest BCUT2D eigenvalue weighted by Crippen LogP contribution is -3.00. The Morgan fingerprint density at radius 1 is 1.50 bits per heavy atom. The van der Waals surface area contributed by atoms with E-state index < -0.39 is 0 Å². The van der Waals surface area contributed by atoms with Gasteiger partial charge in [0.25, 0.3) is 0 Å². The van der Waals surface area contributed by atoms with E-state index in [1.54, 1.807) is 0 Å². The molecule has 0 aromatic heterocycles. The number of likely N-dealkylation sites (N-methyl/N-ethyl adjacent to an activating group) is 1. The summed E-state index contributed by atoms with van der Waals surface area (Å²) in [5, 5.41) is 1.06. The lowest BCUT2D eigenvalue weighted by atomic mass is 10.4. The first-order valence-corrected chi connectivity index (χ1v) is 4.23. The van der Waals surface area contributed by atoms with Crippen LogP contribution < -0.4 is 17.0 Å². The van der Waals surface area contributed by atoms with E-state index in [0.29, 0.717) is 0 Å². The van der Waals surface area contributed by atoms with Gasteiger partial charge in [-0.1, -0.05) is 22.5 Å². The Bertz CT molecular complexity index is 91.6. The topological polar surface area (TPSA) is 0 Å². The standard InChI is InChI=1S/C7H15BrN.BrH/c1-4-6-9(2,3)7-5-8;/h4H,1,5-7H2,2-3H3;1H/q+1;/p-1. The van der Waals surface area contributed by atoms with Gasteiger partial charge in [0.15, 0.2) is 0 Å². The number of quaternary nitrogens is 1. The van der Waals surface area contributed by atoms with Crippen molar-refractivity contribution < 1.29 is 21.5 Å². The van der Waals surface area contributed by atoms with E-state index in [1.807, 2.05) is 6.08 Å². The molecule has 0 aliphatic carbocycles. The van der Waals surface area contributed by atoms with E-state index >= 15 is 0 Å². The van der Waals surface area contributed by atoms with Crippen LogP contribution in [0, 0.1) is 0 Å². The molecule has 0 spiro atoms. The van der Waals surface area contributed by atoms with Crippen molar-refractivity contribution in [3.8, 4) is 0 Å². The lowest BCUT2D eigenvalue weighted by molar-refractivity contribution is -0.881. The zero-order valence-corrected chi connectivity index (χ0v) is 9.78. The summed E-state index contributed by atoms with van der Waals surface area (Å²) in [6.07, 6.45) is 1.96. The molecule has 0 aromatic rings. The molecule has 0 atom stereocenters. The maximum absolute atomic E-state index is 3.70. The van der Waals surface area contributed by atoms with Gasteiger partial charge in [-0.25, -0.2) is 0 Å². The second-order valence-corrected chi connectivity index (χ2v) is 3.61. The summed E-state index contributed by atoms with van der Waals surface area (Å²) >= 11 is 3.41. The highest BCUT2D eigenvalue weighted by Gasteiger charge is 2.09. The molecule has 0 fully saturated rings. The van der Waals surface area contributed by atoms with Gasteiger partial charge >= 0.3 is 0 Å². The molecule has 0 aliphatic heterocycles. The molecule has 0 rings (SSSR count). The number of alkyl halides is 1. The molecule has 1 nitrogen and oxygen atoms in total. The highest BCUT2D eigenvalue weighted by molar-refractivity contribution is 9.09. The maximum atomic E-state index is 3.70. The second kappa shape index (κ2) is 6.38. The van der Waals surface area contributed by atoms with Gasteiger partial charge in [-0.05, 0) is 6.08 Å². The van der Waals surface area contributed by atoms with Crippen molar-refractivity contribution in [1.82, 2.24) is 0 Å². The van der Waals surface area contributed by atoms with Crippen LogP contribution in [0.5, 0.6) is 0 Å². The summed E-state index contributed by atoms with van der Waals surface area (Å²) in [5.74, 6) is 0. The number of hydrogen-bond donors (Lipinski definition) is 0. The van der Waals surface area contributed by atoms with E-state index in [9.17, 15) is 0 Å². The zero-order valence-electron chi connectivity index (χ0n) is 6.61. The smallest absolute Gasteiger partial charge is 0.0967 e. The predicted molar refractivity (Wildman–Crippen MR) is 45.8 cm³/mol. The fourth-order valence-corrected chi connectivity index (χ4v) is 1.63. The fourth-order valence-electron chi connectivity index (χ4n) is 0.670. The van der Waals surface area contributed by atoms with E-state index in [-0.39, 0.29) is 17.0 Å². The molecule has 0 N–H and O–H groups in total. The van der Waals surface area contributed by atoms with Gasteiger partial charge in [0.1, 0.15) is 0 Å². The fraction of sp³-hybridized carbons (Fsp3) is 0.714. The molecule has 0 radical (unpaired) electrons. The van der Waals surface area contributed by atoms with Crippen LogP contribution in [0.3, 0.4) is 0 Å². The third-order valence-corrected chi connectivity index (χ3v) is 1.67. The number of halogens is 2. The molecular formula is C7H15Br2N. The molecule has 0 aromatic carbocycles. The Hall–Kier alpha value is 0.660. The van der Waals surface area contributed by atoms with Crippen LogP contribution >= 0.6 is 15.9 Å². The quantitative estimate of drug-likeness (QED) is 0.337. The van der Waals surface area contributed by atoms with Crippen LogP contribution in [0.15, 0.2) is 12.7 Å². The number of rotatable bonds is 4. The van der Waals surface area contributed by atoms with E-state index in [0.717, 1.165) is 22.9 Å². The third kappa shape index (κ3) is 6.78. The molecule has 10 heavy (non-hydrogen) atoms. The van der Waals surface area contributed by atoms with Gasteiger partial charge in [-0.15, -0.1) is 0 Å². The van der Waals surface area contributed by atoms with Crippen LogP contribution in [0.4, 0.5) is 0 Å². The van der Waals surface area contributed by atoms with Crippen molar-refractivity contribution in [3.63, 3.8) is 0 Å². The minimum Gasteiger partial charge on any atom is -1.00 e. The van der Waals surface area contributed by atoms with Crippen LogP contribution in [0.2, 0.25) is 0 Å². The first-order valence-electron chi connectivity index (χ1n) is 3.11. The average Bonchev–Trinajstić information content (AvgIpc) is 1.64. The summed E-state index contributed by atoms with van der Waals surface area (Å²) in [4.78, 5) is 0. The van der Waals surface area contributed by atoms with Crippen molar-refractivity contribution in [3.05, 3.63) is 12.7 Å². The Labute approximate surface area is 82.6 Å². The Kier molecular flexibility index (Phi) is 8.46. The van der Waals surface area contributed by atoms with Gasteiger partial charge in [0, 0.05) is 0 Å².